The lowest BCUT2D eigenvalue weighted by molar-refractivity contribution is -0.130. The van der Waals surface area contributed by atoms with E-state index in [0.717, 1.165) is 46.2 Å². The molecule has 43 heavy (non-hydrogen) atoms. The van der Waals surface area contributed by atoms with Crippen molar-refractivity contribution in [2.24, 2.45) is 11.8 Å². The van der Waals surface area contributed by atoms with Gasteiger partial charge in [-0.3, -0.25) is 19.3 Å². The molecule has 0 bridgehead atoms. The van der Waals surface area contributed by atoms with Crippen LogP contribution in [0.3, 0.4) is 0 Å². The molecule has 1 saturated heterocycles. The van der Waals surface area contributed by atoms with E-state index in [1.165, 1.54) is 37.7 Å². The third-order valence-corrected chi connectivity index (χ3v) is 10.9. The van der Waals surface area contributed by atoms with Gasteiger partial charge in [0.2, 0.25) is 11.8 Å². The van der Waals surface area contributed by atoms with E-state index in [4.69, 9.17) is 4.98 Å². The van der Waals surface area contributed by atoms with Crippen LogP contribution in [0, 0.1) is 11.8 Å². The number of aromatic nitrogens is 1. The van der Waals surface area contributed by atoms with E-state index in [2.05, 4.69) is 48.1 Å². The number of benzene rings is 1. The summed E-state index contributed by atoms with van der Waals surface area (Å²) in [5.41, 5.74) is 2.87. The first kappa shape index (κ1) is 33.7. The number of carbonyl (C=O) groups is 3. The zero-order chi connectivity index (χ0) is 30.8. The molecule has 1 aliphatic carbocycles. The molecule has 2 fully saturated rings. The average Bonchev–Trinajstić information content (AvgIpc) is 3.41. The number of ketones is 1. The smallest absolute Gasteiger partial charge is 0.224 e. The lowest BCUT2D eigenvalue weighted by Crippen LogP contribution is -2.42. The Kier molecular flexibility index (Phi) is 13.1. The molecule has 0 spiro atoms. The van der Waals surface area contributed by atoms with E-state index in [1.807, 2.05) is 17.8 Å². The molecule has 0 unspecified atom stereocenters. The molecule has 0 radical (unpaired) electrons. The Morgan fingerprint density at radius 3 is 2.56 bits per heavy atom. The van der Waals surface area contributed by atoms with E-state index in [-0.39, 0.29) is 30.1 Å². The number of nitrogens with zero attached hydrogens (tertiary/aromatic N) is 2. The van der Waals surface area contributed by atoms with Crippen LogP contribution in [-0.4, -0.2) is 71.7 Å². The summed E-state index contributed by atoms with van der Waals surface area (Å²) in [7, 11) is 1.61. The first-order valence-electron chi connectivity index (χ1n) is 16.1. The van der Waals surface area contributed by atoms with Crippen molar-refractivity contribution in [1.29, 1.82) is 0 Å². The van der Waals surface area contributed by atoms with Crippen molar-refractivity contribution in [3.05, 3.63) is 40.9 Å². The summed E-state index contributed by atoms with van der Waals surface area (Å²) in [6, 6.07) is 6.25. The molecule has 2 aliphatic rings. The minimum absolute atomic E-state index is 0.0956. The summed E-state index contributed by atoms with van der Waals surface area (Å²) < 4.78 is 1.11. The first-order chi connectivity index (χ1) is 20.7. The standard InChI is InChI=1S/C34H50N4O3S2/c1-23(2)26-10-12-29-31(19-26)43-33(37-29)21-27(20-32(40)35-4)34(41)36-28(18-25-8-6-5-7-9-25)11-13-30(39)24(3)22-38-14-16-42-17-15-38/h10,12,19,23,25,27-28H,3,5-9,11,13-18,20-22H2,1-2,4H3,(H,35,40)(H,36,41)/t27-,28+/m0/s1. The monoisotopic (exact) mass is 626 g/mol. The first-order valence-corrected chi connectivity index (χ1v) is 18.1. The molecule has 2 aromatic rings. The number of hydrogen-bond donors (Lipinski definition) is 2. The van der Waals surface area contributed by atoms with Crippen molar-refractivity contribution in [2.45, 2.75) is 90.0 Å². The molecule has 2 N–H and O–H groups in total. The van der Waals surface area contributed by atoms with Crippen molar-refractivity contribution < 1.29 is 14.4 Å². The van der Waals surface area contributed by atoms with Crippen LogP contribution in [0.25, 0.3) is 10.2 Å². The molecule has 1 aliphatic heterocycles. The molecule has 7 nitrogen and oxygen atoms in total. The molecule has 2 atom stereocenters. The molecule has 1 saturated carbocycles. The van der Waals surface area contributed by atoms with Gasteiger partial charge in [-0.25, -0.2) is 4.98 Å². The van der Waals surface area contributed by atoms with Gasteiger partial charge in [0.05, 0.1) is 21.1 Å². The van der Waals surface area contributed by atoms with Crippen molar-refractivity contribution in [3.63, 3.8) is 0 Å². The fourth-order valence-electron chi connectivity index (χ4n) is 6.22. The normalized spacial score (nSPS) is 18.0. The Hall–Kier alpha value is -2.23. The number of thioether (sulfide) groups is 1. The molecule has 2 heterocycles. The number of hydrogen-bond acceptors (Lipinski definition) is 7. The summed E-state index contributed by atoms with van der Waals surface area (Å²) in [4.78, 5) is 46.6. The van der Waals surface area contributed by atoms with Gasteiger partial charge in [-0.15, -0.1) is 11.3 Å². The van der Waals surface area contributed by atoms with E-state index in [1.54, 1.807) is 18.4 Å². The summed E-state index contributed by atoms with van der Waals surface area (Å²) in [5.74, 6) is 2.47. The Morgan fingerprint density at radius 2 is 1.86 bits per heavy atom. The third kappa shape index (κ3) is 10.4. The number of rotatable bonds is 15. The summed E-state index contributed by atoms with van der Waals surface area (Å²) in [5, 5.41) is 6.87. The van der Waals surface area contributed by atoms with Crippen molar-refractivity contribution >= 4 is 50.9 Å². The topological polar surface area (TPSA) is 91.4 Å². The van der Waals surface area contributed by atoms with Crippen LogP contribution in [0.4, 0.5) is 0 Å². The van der Waals surface area contributed by atoms with Crippen LogP contribution in [0.5, 0.6) is 0 Å². The zero-order valence-electron chi connectivity index (χ0n) is 26.3. The van der Waals surface area contributed by atoms with Crippen LogP contribution in [0.1, 0.15) is 88.1 Å². The van der Waals surface area contributed by atoms with Crippen LogP contribution in [0.2, 0.25) is 0 Å². The minimum atomic E-state index is -0.526. The Morgan fingerprint density at radius 1 is 1.12 bits per heavy atom. The van der Waals surface area contributed by atoms with Gasteiger partial charge in [0.15, 0.2) is 5.78 Å². The number of carbonyl (C=O) groups excluding carboxylic acids is 3. The molecular formula is C34H50N4O3S2. The molecule has 236 valence electrons. The van der Waals surface area contributed by atoms with Crippen LogP contribution in [0.15, 0.2) is 30.4 Å². The summed E-state index contributed by atoms with van der Waals surface area (Å²) in [6.45, 7) is 11.1. The molecule has 1 aromatic carbocycles. The van der Waals surface area contributed by atoms with Crippen molar-refractivity contribution in [3.8, 4) is 0 Å². The largest absolute Gasteiger partial charge is 0.359 e. The molecule has 2 amide bonds. The van der Waals surface area contributed by atoms with Gasteiger partial charge >= 0.3 is 0 Å². The van der Waals surface area contributed by atoms with Crippen LogP contribution >= 0.6 is 23.1 Å². The van der Waals surface area contributed by atoms with E-state index in [9.17, 15) is 14.4 Å². The van der Waals surface area contributed by atoms with Crippen LogP contribution < -0.4 is 10.6 Å². The number of amides is 2. The fraction of sp³-hybridized carbons (Fsp3) is 0.647. The van der Waals surface area contributed by atoms with Gasteiger partial charge in [-0.2, -0.15) is 11.8 Å². The molecule has 1 aromatic heterocycles. The molecule has 4 rings (SSSR count). The summed E-state index contributed by atoms with van der Waals surface area (Å²) >= 11 is 3.56. The van der Waals surface area contributed by atoms with E-state index < -0.39 is 5.92 Å². The van der Waals surface area contributed by atoms with Crippen molar-refractivity contribution in [2.75, 3.05) is 38.2 Å². The second-order valence-electron chi connectivity index (χ2n) is 12.7. The second kappa shape index (κ2) is 16.7. The number of fused-ring (bicyclic) bond motifs is 1. The van der Waals surface area contributed by atoms with Gasteiger partial charge in [-0.05, 0) is 42.4 Å². The summed E-state index contributed by atoms with van der Waals surface area (Å²) in [6.07, 6.45) is 8.45. The average molecular weight is 627 g/mol. The third-order valence-electron chi connectivity index (χ3n) is 8.95. The molecular weight excluding hydrogens is 577 g/mol. The number of Topliss-reactive ketones (excluding diaryl/α,β-unsaturated/α-hetero) is 1. The quantitative estimate of drug-likeness (QED) is 0.232. The maximum Gasteiger partial charge on any atom is 0.224 e. The second-order valence-corrected chi connectivity index (χ2v) is 15.0. The highest BCUT2D eigenvalue weighted by atomic mass is 32.2. The van der Waals surface area contributed by atoms with E-state index in [0.29, 0.717) is 43.2 Å². The fourth-order valence-corrected chi connectivity index (χ4v) is 8.30. The number of thiazole rings is 1. The Balaban J connectivity index is 1.43. The maximum atomic E-state index is 13.8. The molecule has 9 heteroatoms. The highest BCUT2D eigenvalue weighted by Gasteiger charge is 2.28. The lowest BCUT2D eigenvalue weighted by Gasteiger charge is -2.29. The SMILES string of the molecule is C=C(CN1CCSCC1)C(=O)CC[C@H](CC1CCCCC1)NC(=O)[C@@H](CC(=O)NC)Cc1nc2ccc(C(C)C)cc2s1. The van der Waals surface area contributed by atoms with Crippen molar-refractivity contribution in [1.82, 2.24) is 20.5 Å². The highest BCUT2D eigenvalue weighted by Crippen LogP contribution is 2.30. The van der Waals surface area contributed by atoms with Gasteiger partial charge in [0.25, 0.3) is 0 Å². The Labute approximate surface area is 266 Å². The zero-order valence-corrected chi connectivity index (χ0v) is 27.9. The van der Waals surface area contributed by atoms with Gasteiger partial charge in [-0.1, -0.05) is 58.6 Å². The maximum absolute atomic E-state index is 13.8. The lowest BCUT2D eigenvalue weighted by atomic mass is 9.83. The van der Waals surface area contributed by atoms with Gasteiger partial charge in [0, 0.05) is 69.1 Å². The predicted molar refractivity (Wildman–Crippen MR) is 180 cm³/mol. The highest BCUT2D eigenvalue weighted by molar-refractivity contribution is 7.99. The van der Waals surface area contributed by atoms with Crippen LogP contribution in [-0.2, 0) is 20.8 Å². The Bertz CT molecular complexity index is 1250. The van der Waals surface area contributed by atoms with Gasteiger partial charge < -0.3 is 10.6 Å². The van der Waals surface area contributed by atoms with Gasteiger partial charge in [0.1, 0.15) is 0 Å². The number of nitrogens with one attached hydrogen (secondary N) is 2. The minimum Gasteiger partial charge on any atom is -0.359 e. The van der Waals surface area contributed by atoms with E-state index >= 15 is 0 Å². The predicted octanol–water partition coefficient (Wildman–Crippen LogP) is 6.12.